The van der Waals surface area contributed by atoms with Gasteiger partial charge in [-0.25, -0.2) is 4.79 Å². The number of pyridine rings is 1. The highest BCUT2D eigenvalue weighted by Gasteiger charge is 2.33. The van der Waals surface area contributed by atoms with Crippen LogP contribution in [0.2, 0.25) is 5.02 Å². The van der Waals surface area contributed by atoms with Crippen LogP contribution < -0.4 is 10.6 Å². The van der Waals surface area contributed by atoms with Crippen LogP contribution in [0.1, 0.15) is 39.2 Å². The van der Waals surface area contributed by atoms with E-state index in [9.17, 15) is 9.59 Å². The molecule has 1 aromatic carbocycles. The fourth-order valence-corrected chi connectivity index (χ4v) is 4.77. The Morgan fingerprint density at radius 3 is 2.59 bits per heavy atom. The zero-order valence-electron chi connectivity index (χ0n) is 20.4. The summed E-state index contributed by atoms with van der Waals surface area (Å²) in [5.41, 5.74) is 2.95. The number of carbonyl (C=O) groups is 2. The average Bonchev–Trinajstić information content (AvgIpc) is 2.81. The predicted octanol–water partition coefficient (Wildman–Crippen LogP) is 5.76. The number of carbonyl (C=O) groups excluding carboxylic acids is 2. The number of rotatable bonds is 8. The van der Waals surface area contributed by atoms with Crippen molar-refractivity contribution in [3.05, 3.63) is 71.0 Å². The van der Waals surface area contributed by atoms with Gasteiger partial charge in [-0.3, -0.25) is 9.78 Å². The minimum absolute atomic E-state index is 0.142. The van der Waals surface area contributed by atoms with E-state index >= 15 is 0 Å². The Balaban J connectivity index is 1.57. The summed E-state index contributed by atoms with van der Waals surface area (Å²) in [6.07, 6.45) is 7.23. The minimum Gasteiger partial charge on any atom is -0.341 e. The normalized spacial score (nSPS) is 19.9. The lowest BCUT2D eigenvalue weighted by atomic mass is 9.69. The molecule has 6 nitrogen and oxygen atoms in total. The number of halogens is 1. The Morgan fingerprint density at radius 1 is 1.21 bits per heavy atom. The zero-order valence-corrected chi connectivity index (χ0v) is 21.2. The quantitative estimate of drug-likeness (QED) is 0.470. The maximum atomic E-state index is 12.9. The summed E-state index contributed by atoms with van der Waals surface area (Å²) in [7, 11) is 1.85. The van der Waals surface area contributed by atoms with Gasteiger partial charge in [-0.2, -0.15) is 0 Å². The molecular weight excluding hydrogens is 448 g/mol. The van der Waals surface area contributed by atoms with Crippen LogP contribution in [-0.4, -0.2) is 35.4 Å². The van der Waals surface area contributed by atoms with Gasteiger partial charge in [0.1, 0.15) is 0 Å². The molecule has 0 aliphatic heterocycles. The maximum absolute atomic E-state index is 12.9. The van der Waals surface area contributed by atoms with Crippen LogP contribution in [0.25, 0.3) is 0 Å². The average molecular weight is 483 g/mol. The Kier molecular flexibility index (Phi) is 9.11. The van der Waals surface area contributed by atoms with Crippen LogP contribution in [0.4, 0.5) is 10.5 Å². The number of benzene rings is 1. The summed E-state index contributed by atoms with van der Waals surface area (Å²) in [6, 6.07) is 10.7. The Hall–Kier alpha value is -2.86. The van der Waals surface area contributed by atoms with Crippen molar-refractivity contribution in [2.75, 3.05) is 18.9 Å². The largest absolute Gasteiger partial charge is 0.341 e. The summed E-state index contributed by atoms with van der Waals surface area (Å²) in [5.74, 6) is 1.43. The monoisotopic (exact) mass is 482 g/mol. The molecule has 3 unspecified atom stereocenters. The number of hydrogen-bond acceptors (Lipinski definition) is 3. The van der Waals surface area contributed by atoms with E-state index in [1.165, 1.54) is 5.57 Å². The highest BCUT2D eigenvalue weighted by molar-refractivity contribution is 6.30. The van der Waals surface area contributed by atoms with Gasteiger partial charge in [-0.05, 0) is 72.9 Å². The summed E-state index contributed by atoms with van der Waals surface area (Å²) in [6.45, 7) is 7.66. The molecule has 1 aromatic heterocycles. The van der Waals surface area contributed by atoms with Crippen molar-refractivity contribution in [2.24, 2.45) is 23.7 Å². The third-order valence-corrected chi connectivity index (χ3v) is 6.93. The zero-order chi connectivity index (χ0) is 24.7. The van der Waals surface area contributed by atoms with Gasteiger partial charge in [0.25, 0.3) is 0 Å². The Morgan fingerprint density at radius 2 is 1.94 bits per heavy atom. The molecule has 182 valence electrons. The first-order valence-corrected chi connectivity index (χ1v) is 12.2. The number of urea groups is 1. The lowest BCUT2D eigenvalue weighted by Gasteiger charge is -2.37. The molecule has 0 spiro atoms. The van der Waals surface area contributed by atoms with E-state index in [-0.39, 0.29) is 23.8 Å². The van der Waals surface area contributed by atoms with Gasteiger partial charge in [-0.1, -0.05) is 43.2 Å². The second kappa shape index (κ2) is 12.0. The molecule has 1 heterocycles. The van der Waals surface area contributed by atoms with Crippen LogP contribution in [0.15, 0.2) is 60.4 Å². The van der Waals surface area contributed by atoms with Crippen molar-refractivity contribution in [1.29, 1.82) is 0 Å². The molecule has 3 amide bonds. The second-order valence-corrected chi connectivity index (χ2v) is 10.0. The molecule has 0 bridgehead atoms. The molecule has 3 rings (SSSR count). The number of nitrogens with one attached hydrogen (secondary N) is 2. The van der Waals surface area contributed by atoms with Gasteiger partial charge in [0, 0.05) is 49.7 Å². The molecule has 3 atom stereocenters. The highest BCUT2D eigenvalue weighted by Crippen LogP contribution is 2.39. The molecule has 0 fully saturated rings. The SMILES string of the molecule is CC1=CC(CNC(=O)Nc2ccc(Cl)cc2)C(C(C)C)CC1CC(=O)N(C)Cc1cccnc1. The van der Waals surface area contributed by atoms with Crippen LogP contribution in [-0.2, 0) is 11.3 Å². The van der Waals surface area contributed by atoms with E-state index in [2.05, 4.69) is 42.5 Å². The fourth-order valence-electron chi connectivity index (χ4n) is 4.65. The predicted molar refractivity (Wildman–Crippen MR) is 137 cm³/mol. The maximum Gasteiger partial charge on any atom is 0.319 e. The standard InChI is InChI=1S/C27H35ClN4O2/c1-18(2)25-13-21(14-26(33)32(4)17-20-6-5-11-29-15-20)19(3)12-22(25)16-30-27(34)31-24-9-7-23(28)8-10-24/h5-12,15,18,21-22,25H,13-14,16-17H2,1-4H3,(H2,30,31,34). The lowest BCUT2D eigenvalue weighted by molar-refractivity contribution is -0.131. The Labute approximate surface area is 207 Å². The number of hydrogen-bond donors (Lipinski definition) is 2. The molecule has 1 aliphatic carbocycles. The molecule has 2 aromatic rings. The number of anilines is 1. The third kappa shape index (κ3) is 7.32. The van der Waals surface area contributed by atoms with Gasteiger partial charge >= 0.3 is 6.03 Å². The van der Waals surface area contributed by atoms with Gasteiger partial charge in [0.2, 0.25) is 5.91 Å². The highest BCUT2D eigenvalue weighted by atomic mass is 35.5. The van der Waals surface area contributed by atoms with E-state index in [1.54, 1.807) is 41.6 Å². The van der Waals surface area contributed by atoms with Crippen LogP contribution in [0.3, 0.4) is 0 Å². The lowest BCUT2D eigenvalue weighted by Crippen LogP contribution is -2.39. The summed E-state index contributed by atoms with van der Waals surface area (Å²) >= 11 is 5.91. The molecule has 1 aliphatic rings. The van der Waals surface area contributed by atoms with Crippen LogP contribution in [0.5, 0.6) is 0 Å². The number of allylic oxidation sites excluding steroid dienone is 1. The number of aromatic nitrogens is 1. The first kappa shape index (κ1) is 25.8. The van der Waals surface area contributed by atoms with Crippen molar-refractivity contribution in [1.82, 2.24) is 15.2 Å². The second-order valence-electron chi connectivity index (χ2n) is 9.57. The third-order valence-electron chi connectivity index (χ3n) is 6.67. The van der Waals surface area contributed by atoms with Crippen LogP contribution >= 0.6 is 11.6 Å². The molecule has 7 heteroatoms. The minimum atomic E-state index is -0.231. The van der Waals surface area contributed by atoms with Crippen molar-refractivity contribution >= 4 is 29.2 Å². The molecule has 0 saturated heterocycles. The molecular formula is C27H35ClN4O2. The number of amides is 3. The molecule has 0 radical (unpaired) electrons. The summed E-state index contributed by atoms with van der Waals surface area (Å²) in [4.78, 5) is 31.2. The smallest absolute Gasteiger partial charge is 0.319 e. The van der Waals surface area contributed by atoms with Gasteiger partial charge in [0.15, 0.2) is 0 Å². The van der Waals surface area contributed by atoms with Crippen molar-refractivity contribution in [2.45, 2.75) is 40.2 Å². The number of nitrogens with zero attached hydrogens (tertiary/aromatic N) is 2. The molecule has 2 N–H and O–H groups in total. The van der Waals surface area contributed by atoms with E-state index in [1.807, 2.05) is 19.2 Å². The van der Waals surface area contributed by atoms with E-state index in [0.29, 0.717) is 42.1 Å². The first-order chi connectivity index (χ1) is 16.2. The van der Waals surface area contributed by atoms with Crippen LogP contribution in [0, 0.1) is 23.7 Å². The van der Waals surface area contributed by atoms with Crippen molar-refractivity contribution in [3.63, 3.8) is 0 Å². The van der Waals surface area contributed by atoms with Gasteiger partial charge in [0.05, 0.1) is 0 Å². The summed E-state index contributed by atoms with van der Waals surface area (Å²) in [5, 5.41) is 6.49. The van der Waals surface area contributed by atoms with Crippen molar-refractivity contribution < 1.29 is 9.59 Å². The fraction of sp³-hybridized carbons (Fsp3) is 0.444. The van der Waals surface area contributed by atoms with Crippen molar-refractivity contribution in [3.8, 4) is 0 Å². The Bertz CT molecular complexity index is 991. The molecule has 0 saturated carbocycles. The first-order valence-electron chi connectivity index (χ1n) is 11.8. The summed E-state index contributed by atoms with van der Waals surface area (Å²) < 4.78 is 0. The topological polar surface area (TPSA) is 74.3 Å². The van der Waals surface area contributed by atoms with Gasteiger partial charge < -0.3 is 15.5 Å². The van der Waals surface area contributed by atoms with Gasteiger partial charge in [-0.15, -0.1) is 0 Å². The molecule has 34 heavy (non-hydrogen) atoms. The van der Waals surface area contributed by atoms with E-state index in [0.717, 1.165) is 12.0 Å². The van der Waals surface area contributed by atoms with E-state index in [4.69, 9.17) is 11.6 Å². The van der Waals surface area contributed by atoms with E-state index < -0.39 is 0 Å².